The maximum absolute atomic E-state index is 6.99. The smallest absolute Gasteiger partial charge is 0.212 e. The van der Waals surface area contributed by atoms with E-state index in [1.54, 1.807) is 14.2 Å². The maximum atomic E-state index is 6.99. The third kappa shape index (κ3) is 5.45. The monoisotopic (exact) mass is 694 g/mol. The van der Waals surface area contributed by atoms with Gasteiger partial charge in [0.05, 0.1) is 26.3 Å². The van der Waals surface area contributed by atoms with Crippen LogP contribution in [0.5, 0.6) is 46.0 Å². The summed E-state index contributed by atoms with van der Waals surface area (Å²) in [7, 11) is 7.09. The number of thiocarbonyl (C=S) groups is 2. The van der Waals surface area contributed by atoms with Crippen LogP contribution in [0.25, 0.3) is 0 Å². The van der Waals surface area contributed by atoms with E-state index in [0.29, 0.717) is 63.3 Å². The molecule has 2 N–H and O–H groups in total. The third-order valence-electron chi connectivity index (χ3n) is 10.1. The molecule has 0 amide bonds. The Morgan fingerprint density at radius 3 is 2.02 bits per heavy atom. The minimum atomic E-state index is -0.121. The normalized spacial score (nSPS) is 18.3. The SMILES string of the molecule is CNC(=S)N1CCc2cc3c4cc2[C@@H]1Cc1ccc(OC)c(c1)Oc1ccc(cc1)C[C@H]1c2c(cc(OC)c(c2O4)O3)CCN1C(=S)NC. The molecule has 252 valence electrons. The molecule has 2 atom stereocenters. The van der Waals surface area contributed by atoms with Crippen LogP contribution in [0, 0.1) is 0 Å². The molecular formula is C38H38N4O5S2. The first-order valence-corrected chi connectivity index (χ1v) is 17.4. The van der Waals surface area contributed by atoms with Gasteiger partial charge in [0.15, 0.2) is 44.7 Å². The summed E-state index contributed by atoms with van der Waals surface area (Å²) in [4.78, 5) is 4.52. The van der Waals surface area contributed by atoms with Gasteiger partial charge in [-0.2, -0.15) is 0 Å². The van der Waals surface area contributed by atoms with Crippen molar-refractivity contribution in [3.8, 4) is 46.0 Å². The number of nitrogens with one attached hydrogen (secondary N) is 2. The van der Waals surface area contributed by atoms with Crippen molar-refractivity contribution >= 4 is 34.7 Å². The lowest BCUT2D eigenvalue weighted by Gasteiger charge is -2.41. The summed E-state index contributed by atoms with van der Waals surface area (Å²) in [5, 5.41) is 7.82. The lowest BCUT2D eigenvalue weighted by molar-refractivity contribution is 0.269. The van der Waals surface area contributed by atoms with E-state index in [-0.39, 0.29) is 12.1 Å². The van der Waals surface area contributed by atoms with E-state index in [9.17, 15) is 0 Å². The van der Waals surface area contributed by atoms with Crippen molar-refractivity contribution in [1.82, 2.24) is 20.4 Å². The van der Waals surface area contributed by atoms with E-state index in [1.807, 2.05) is 32.3 Å². The molecule has 0 saturated heterocycles. The molecule has 5 aliphatic heterocycles. The minimum Gasteiger partial charge on any atom is -0.493 e. The van der Waals surface area contributed by atoms with Gasteiger partial charge in [0, 0.05) is 32.7 Å². The Labute approximate surface area is 297 Å². The average Bonchev–Trinajstić information content (AvgIpc) is 3.13. The van der Waals surface area contributed by atoms with Crippen LogP contribution >= 0.6 is 24.4 Å². The van der Waals surface area contributed by atoms with E-state index >= 15 is 0 Å². The second-order valence-corrected chi connectivity index (χ2v) is 13.5. The Hall–Kier alpha value is -4.74. The molecule has 0 spiro atoms. The van der Waals surface area contributed by atoms with Crippen LogP contribution in [0.3, 0.4) is 0 Å². The molecule has 0 saturated carbocycles. The molecule has 0 aromatic heterocycles. The highest BCUT2D eigenvalue weighted by Crippen LogP contribution is 2.57. The number of methoxy groups -OCH3 is 2. The van der Waals surface area contributed by atoms with Gasteiger partial charge in [0.2, 0.25) is 5.75 Å². The van der Waals surface area contributed by atoms with Crippen LogP contribution < -0.4 is 34.3 Å². The van der Waals surface area contributed by atoms with Gasteiger partial charge in [0.1, 0.15) is 5.75 Å². The van der Waals surface area contributed by atoms with E-state index in [2.05, 4.69) is 62.9 Å². The molecule has 5 heterocycles. The van der Waals surface area contributed by atoms with Crippen LogP contribution in [0.4, 0.5) is 0 Å². The topological polar surface area (TPSA) is 76.7 Å². The zero-order valence-corrected chi connectivity index (χ0v) is 29.6. The summed E-state index contributed by atoms with van der Waals surface area (Å²) in [5.74, 6) is 5.31. The van der Waals surface area contributed by atoms with E-state index in [1.165, 1.54) is 5.56 Å². The Morgan fingerprint density at radius 1 is 0.673 bits per heavy atom. The van der Waals surface area contributed by atoms with Crippen LogP contribution in [-0.2, 0) is 25.7 Å². The van der Waals surface area contributed by atoms with Gasteiger partial charge in [-0.25, -0.2) is 0 Å². The molecule has 11 heteroatoms. The van der Waals surface area contributed by atoms with Crippen molar-refractivity contribution < 1.29 is 23.7 Å². The Bertz CT molecular complexity index is 1980. The number of hydrogen-bond donors (Lipinski definition) is 2. The number of rotatable bonds is 2. The van der Waals surface area contributed by atoms with Crippen molar-refractivity contribution in [2.75, 3.05) is 41.4 Å². The molecule has 0 fully saturated rings. The molecule has 4 aromatic carbocycles. The van der Waals surface area contributed by atoms with Crippen molar-refractivity contribution in [3.05, 3.63) is 94.0 Å². The Kier molecular flexibility index (Phi) is 8.12. The largest absolute Gasteiger partial charge is 0.493 e. The summed E-state index contributed by atoms with van der Waals surface area (Å²) in [5.41, 5.74) is 6.79. The highest BCUT2D eigenvalue weighted by Gasteiger charge is 2.39. The molecular weight excluding hydrogens is 657 g/mol. The van der Waals surface area contributed by atoms with Crippen LogP contribution in [0.1, 0.15) is 45.5 Å². The predicted molar refractivity (Wildman–Crippen MR) is 196 cm³/mol. The van der Waals surface area contributed by atoms with E-state index in [4.69, 9.17) is 48.1 Å². The van der Waals surface area contributed by atoms with Crippen molar-refractivity contribution in [3.63, 3.8) is 0 Å². The minimum absolute atomic E-state index is 0.0612. The molecule has 5 aliphatic rings. The zero-order chi connectivity index (χ0) is 33.8. The predicted octanol–water partition coefficient (Wildman–Crippen LogP) is 7.00. The van der Waals surface area contributed by atoms with Crippen LogP contribution in [0.2, 0.25) is 0 Å². The lowest BCUT2D eigenvalue weighted by atomic mass is 9.86. The second-order valence-electron chi connectivity index (χ2n) is 12.7. The summed E-state index contributed by atoms with van der Waals surface area (Å²) in [6.07, 6.45) is 2.96. The van der Waals surface area contributed by atoms with Crippen LogP contribution in [-0.4, -0.2) is 61.4 Å². The Morgan fingerprint density at radius 2 is 1.31 bits per heavy atom. The molecule has 0 unspecified atom stereocenters. The standard InChI is InChI=1S/C38H38N4O5S2/c1-39-37(48)41-13-11-23-18-31-32-20-26(23)27(41)16-22-7-10-29(43-3)30(17-22)45-25-8-5-21(6-9-25)15-28-34-24(12-14-42(28)38(49)40-2)19-33(44-4)35(46-31)36(34)47-32/h5-10,17-20,27-28H,11-16H2,1-4H3,(H,39,48)(H,40,49)/t27-,28-/m0/s1. The quantitative estimate of drug-likeness (QED) is 0.188. The molecule has 9 nitrogen and oxygen atoms in total. The zero-order valence-electron chi connectivity index (χ0n) is 27.9. The summed E-state index contributed by atoms with van der Waals surface area (Å²) in [6, 6.07) is 20.6. The second kappa shape index (κ2) is 12.6. The first kappa shape index (κ1) is 31.5. The summed E-state index contributed by atoms with van der Waals surface area (Å²) < 4.78 is 31.9. The van der Waals surface area contributed by atoms with Gasteiger partial charge in [0.25, 0.3) is 0 Å². The highest BCUT2D eigenvalue weighted by molar-refractivity contribution is 7.80. The first-order chi connectivity index (χ1) is 23.9. The number of fused-ring (bicyclic) bond motifs is 2. The fourth-order valence-electron chi connectivity index (χ4n) is 7.65. The number of nitrogens with zero attached hydrogens (tertiary/aromatic N) is 2. The highest BCUT2D eigenvalue weighted by atomic mass is 32.1. The van der Waals surface area contributed by atoms with Gasteiger partial charge >= 0.3 is 0 Å². The fraction of sp³-hybridized carbons (Fsp3) is 0.316. The molecule has 4 aromatic rings. The molecule has 7 bridgehead atoms. The first-order valence-electron chi connectivity index (χ1n) is 16.6. The molecule has 0 aliphatic carbocycles. The van der Waals surface area contributed by atoms with Gasteiger partial charge in [-0.1, -0.05) is 18.2 Å². The van der Waals surface area contributed by atoms with Gasteiger partial charge < -0.3 is 44.1 Å². The van der Waals surface area contributed by atoms with E-state index in [0.717, 1.165) is 59.5 Å². The van der Waals surface area contributed by atoms with Crippen molar-refractivity contribution in [1.29, 1.82) is 0 Å². The number of ether oxygens (including phenoxy) is 5. The van der Waals surface area contributed by atoms with E-state index < -0.39 is 0 Å². The molecule has 9 rings (SSSR count). The summed E-state index contributed by atoms with van der Waals surface area (Å²) in [6.45, 7) is 1.52. The Balaban J connectivity index is 1.35. The van der Waals surface area contributed by atoms with Gasteiger partial charge in [-0.05, 0) is 120 Å². The molecule has 0 radical (unpaired) electrons. The van der Waals surface area contributed by atoms with Gasteiger partial charge in [-0.3, -0.25) is 0 Å². The fourth-order valence-corrected chi connectivity index (χ4v) is 8.08. The lowest BCUT2D eigenvalue weighted by Crippen LogP contribution is -2.45. The number of hydrogen-bond acceptors (Lipinski definition) is 7. The van der Waals surface area contributed by atoms with Gasteiger partial charge in [-0.15, -0.1) is 0 Å². The maximum Gasteiger partial charge on any atom is 0.212 e. The average molecular weight is 695 g/mol. The van der Waals surface area contributed by atoms with Crippen molar-refractivity contribution in [2.45, 2.75) is 37.8 Å². The third-order valence-corrected chi connectivity index (χ3v) is 10.9. The van der Waals surface area contributed by atoms with Crippen molar-refractivity contribution in [2.24, 2.45) is 0 Å². The number of benzene rings is 4. The van der Waals surface area contributed by atoms with Crippen LogP contribution in [0.15, 0.2) is 60.7 Å². The summed E-state index contributed by atoms with van der Waals surface area (Å²) >= 11 is 11.7. The molecule has 49 heavy (non-hydrogen) atoms.